The highest BCUT2D eigenvalue weighted by Crippen LogP contribution is 2.46. The Morgan fingerprint density at radius 1 is 1.18 bits per heavy atom. The summed E-state index contributed by atoms with van der Waals surface area (Å²) in [5, 5.41) is 0.906. The van der Waals surface area contributed by atoms with Crippen molar-refractivity contribution in [2.45, 2.75) is 19.3 Å². The van der Waals surface area contributed by atoms with Crippen LogP contribution in [0.3, 0.4) is 0 Å². The molecule has 1 aliphatic heterocycles. The zero-order chi connectivity index (χ0) is 15.6. The van der Waals surface area contributed by atoms with Crippen molar-refractivity contribution >= 4 is 38.4 Å². The summed E-state index contributed by atoms with van der Waals surface area (Å²) in [7, 11) is 0. The highest BCUT2D eigenvalue weighted by molar-refractivity contribution is 9.10. The Morgan fingerprint density at radius 3 is 2.68 bits per heavy atom. The van der Waals surface area contributed by atoms with E-state index in [-0.39, 0.29) is 11.0 Å². The third-order valence-electron chi connectivity index (χ3n) is 4.28. The summed E-state index contributed by atoms with van der Waals surface area (Å²) >= 11 is 9.86. The molecule has 0 saturated carbocycles. The molecule has 110 valence electrons. The molecule has 0 bridgehead atoms. The lowest BCUT2D eigenvalue weighted by Crippen LogP contribution is -2.24. The van der Waals surface area contributed by atoms with Crippen molar-refractivity contribution in [3.8, 4) is 5.69 Å². The van der Waals surface area contributed by atoms with E-state index in [1.165, 1.54) is 0 Å². The quantitative estimate of drug-likeness (QED) is 0.582. The van der Waals surface area contributed by atoms with Gasteiger partial charge in [-0.25, -0.2) is 0 Å². The molecule has 0 fully saturated rings. The van der Waals surface area contributed by atoms with E-state index in [0.29, 0.717) is 10.4 Å². The van der Waals surface area contributed by atoms with Crippen LogP contribution in [0.25, 0.3) is 16.6 Å². The van der Waals surface area contributed by atoms with Gasteiger partial charge in [0.2, 0.25) is 0 Å². The topological polar surface area (TPSA) is 34.9 Å². The van der Waals surface area contributed by atoms with Gasteiger partial charge in [-0.3, -0.25) is 9.36 Å². The van der Waals surface area contributed by atoms with Gasteiger partial charge in [0.25, 0.3) is 5.56 Å². The number of hydrogen-bond acceptors (Lipinski definition) is 2. The largest absolute Gasteiger partial charge is 0.296 e. The van der Waals surface area contributed by atoms with E-state index in [0.717, 1.165) is 27.1 Å². The lowest BCUT2D eigenvalue weighted by molar-refractivity contribution is 0.608. The SMILES string of the molecule is CC1(C)c2c(Br)cccc2-n2c1nc(=O)c1c(Cl)cccc12. The maximum atomic E-state index is 12.5. The second-order valence-electron chi connectivity index (χ2n) is 5.97. The lowest BCUT2D eigenvalue weighted by atomic mass is 9.85. The van der Waals surface area contributed by atoms with Crippen LogP contribution in [0.1, 0.15) is 25.2 Å². The van der Waals surface area contributed by atoms with Crippen molar-refractivity contribution in [2.75, 3.05) is 0 Å². The van der Waals surface area contributed by atoms with Crippen molar-refractivity contribution in [1.29, 1.82) is 0 Å². The molecule has 0 radical (unpaired) electrons. The van der Waals surface area contributed by atoms with E-state index >= 15 is 0 Å². The summed E-state index contributed by atoms with van der Waals surface area (Å²) in [6, 6.07) is 11.6. The number of halogens is 2. The summed E-state index contributed by atoms with van der Waals surface area (Å²) in [4.78, 5) is 16.8. The number of benzene rings is 2. The lowest BCUT2D eigenvalue weighted by Gasteiger charge is -2.19. The predicted molar refractivity (Wildman–Crippen MR) is 92.2 cm³/mol. The second kappa shape index (κ2) is 4.43. The molecule has 0 spiro atoms. The fourth-order valence-electron chi connectivity index (χ4n) is 3.32. The van der Waals surface area contributed by atoms with Crippen LogP contribution in [-0.2, 0) is 5.41 Å². The Hall–Kier alpha value is -1.65. The van der Waals surface area contributed by atoms with Crippen molar-refractivity contribution in [3.05, 3.63) is 67.6 Å². The summed E-state index contributed by atoms with van der Waals surface area (Å²) in [6.45, 7) is 4.16. The fourth-order valence-corrected chi connectivity index (χ4v) is 4.42. The second-order valence-corrected chi connectivity index (χ2v) is 7.23. The van der Waals surface area contributed by atoms with Crippen LogP contribution in [0, 0.1) is 0 Å². The van der Waals surface area contributed by atoms with Gasteiger partial charge in [0.05, 0.1) is 27.0 Å². The molecule has 0 amide bonds. The molecule has 1 aromatic heterocycles. The minimum Gasteiger partial charge on any atom is -0.296 e. The highest BCUT2D eigenvalue weighted by Gasteiger charge is 2.39. The molecule has 0 atom stereocenters. The van der Waals surface area contributed by atoms with Crippen molar-refractivity contribution in [1.82, 2.24) is 9.55 Å². The van der Waals surface area contributed by atoms with Gasteiger partial charge in [-0.15, -0.1) is 0 Å². The normalized spacial score (nSPS) is 14.9. The zero-order valence-electron chi connectivity index (χ0n) is 12.0. The van der Waals surface area contributed by atoms with E-state index in [1.807, 2.05) is 34.9 Å². The monoisotopic (exact) mass is 374 g/mol. The molecule has 3 aromatic rings. The molecule has 5 heteroatoms. The molecule has 0 unspecified atom stereocenters. The Labute approximate surface area is 140 Å². The number of hydrogen-bond donors (Lipinski definition) is 0. The Kier molecular flexibility index (Phi) is 2.81. The van der Waals surface area contributed by atoms with E-state index in [2.05, 4.69) is 34.8 Å². The summed E-state index contributed by atoms with van der Waals surface area (Å²) in [5.41, 5.74) is 2.34. The number of rotatable bonds is 0. The molecule has 2 aromatic carbocycles. The van der Waals surface area contributed by atoms with E-state index in [9.17, 15) is 4.79 Å². The smallest absolute Gasteiger partial charge is 0.282 e. The van der Waals surface area contributed by atoms with Gasteiger partial charge < -0.3 is 0 Å². The first kappa shape index (κ1) is 14.0. The Bertz CT molecular complexity index is 1010. The molecule has 0 aliphatic carbocycles. The van der Waals surface area contributed by atoms with Crippen LogP contribution >= 0.6 is 27.5 Å². The van der Waals surface area contributed by atoms with Gasteiger partial charge in [0, 0.05) is 10.0 Å². The molecule has 0 N–H and O–H groups in total. The van der Waals surface area contributed by atoms with Crippen LogP contribution in [-0.4, -0.2) is 9.55 Å². The summed E-state index contributed by atoms with van der Waals surface area (Å²) in [5.74, 6) is 0.745. The van der Waals surface area contributed by atoms with Crippen LogP contribution in [0.15, 0.2) is 45.7 Å². The average molecular weight is 376 g/mol. The van der Waals surface area contributed by atoms with E-state index < -0.39 is 0 Å². The first-order valence-corrected chi connectivity index (χ1v) is 8.11. The number of aromatic nitrogens is 2. The van der Waals surface area contributed by atoms with Crippen LogP contribution < -0.4 is 5.56 Å². The minimum atomic E-state index is -0.356. The van der Waals surface area contributed by atoms with Crippen molar-refractivity contribution in [3.63, 3.8) is 0 Å². The molecular formula is C17H12BrClN2O. The number of fused-ring (bicyclic) bond motifs is 5. The first-order valence-electron chi connectivity index (χ1n) is 6.94. The van der Waals surface area contributed by atoms with Gasteiger partial charge in [-0.05, 0) is 38.1 Å². The van der Waals surface area contributed by atoms with Crippen LogP contribution in [0.4, 0.5) is 0 Å². The van der Waals surface area contributed by atoms with Crippen LogP contribution in [0.2, 0.25) is 5.02 Å². The maximum absolute atomic E-state index is 12.5. The fraction of sp³-hybridized carbons (Fsp3) is 0.176. The number of nitrogens with zero attached hydrogens (tertiary/aromatic N) is 2. The molecular weight excluding hydrogens is 364 g/mol. The molecule has 0 saturated heterocycles. The van der Waals surface area contributed by atoms with Crippen molar-refractivity contribution < 1.29 is 0 Å². The maximum Gasteiger partial charge on any atom is 0.282 e. The van der Waals surface area contributed by atoms with Gasteiger partial charge in [-0.2, -0.15) is 4.98 Å². The third kappa shape index (κ3) is 1.62. The predicted octanol–water partition coefficient (Wildman–Crippen LogP) is 4.44. The Balaban J connectivity index is 2.29. The standard InChI is InChI=1S/C17H12BrClN2O/c1-17(2)14-9(18)5-3-8-12(14)21-11-7-4-6-10(19)13(11)15(22)20-16(17)21/h3-8H,1-2H3. The highest BCUT2D eigenvalue weighted by atomic mass is 79.9. The Morgan fingerprint density at radius 2 is 1.91 bits per heavy atom. The molecule has 22 heavy (non-hydrogen) atoms. The minimum absolute atomic E-state index is 0.274. The van der Waals surface area contributed by atoms with Gasteiger partial charge in [-0.1, -0.05) is 39.7 Å². The third-order valence-corrected chi connectivity index (χ3v) is 5.26. The van der Waals surface area contributed by atoms with E-state index in [1.54, 1.807) is 6.07 Å². The molecule has 2 heterocycles. The summed E-state index contributed by atoms with van der Waals surface area (Å²) in [6.07, 6.45) is 0. The van der Waals surface area contributed by atoms with Gasteiger partial charge in [0.15, 0.2) is 0 Å². The zero-order valence-corrected chi connectivity index (χ0v) is 14.4. The molecule has 3 nitrogen and oxygen atoms in total. The van der Waals surface area contributed by atoms with Gasteiger partial charge in [0.1, 0.15) is 5.82 Å². The van der Waals surface area contributed by atoms with E-state index in [4.69, 9.17) is 11.6 Å². The average Bonchev–Trinajstić information content (AvgIpc) is 2.68. The summed E-state index contributed by atoms with van der Waals surface area (Å²) < 4.78 is 3.06. The molecule has 1 aliphatic rings. The molecule has 4 rings (SSSR count). The van der Waals surface area contributed by atoms with Crippen molar-refractivity contribution in [2.24, 2.45) is 0 Å². The van der Waals surface area contributed by atoms with Crippen LogP contribution in [0.5, 0.6) is 0 Å². The van der Waals surface area contributed by atoms with Gasteiger partial charge >= 0.3 is 0 Å². The first-order chi connectivity index (χ1) is 10.4.